The molecule has 0 aliphatic carbocycles. The molecule has 96 valence electrons. The fourth-order valence-corrected chi connectivity index (χ4v) is 1.89. The Morgan fingerprint density at radius 1 is 1.29 bits per heavy atom. The van der Waals surface area contributed by atoms with E-state index in [4.69, 9.17) is 11.6 Å². The smallest absolute Gasteiger partial charge is 0.0672 e. The van der Waals surface area contributed by atoms with E-state index >= 15 is 0 Å². The van der Waals surface area contributed by atoms with Gasteiger partial charge in [-0.25, -0.2) is 0 Å². The quantitative estimate of drug-likeness (QED) is 0.819. The van der Waals surface area contributed by atoms with Crippen molar-refractivity contribution >= 4 is 11.6 Å². The maximum absolute atomic E-state index is 10.3. The summed E-state index contributed by atoms with van der Waals surface area (Å²) in [6.07, 6.45) is 1.40. The van der Waals surface area contributed by atoms with Gasteiger partial charge in [-0.2, -0.15) is 0 Å². The fourth-order valence-electron chi connectivity index (χ4n) is 1.76. The summed E-state index contributed by atoms with van der Waals surface area (Å²) in [5.74, 6) is 0. The molecule has 1 aromatic rings. The van der Waals surface area contributed by atoms with Gasteiger partial charge in [0.05, 0.1) is 5.60 Å². The second kappa shape index (κ2) is 6.39. The van der Waals surface area contributed by atoms with E-state index in [0.29, 0.717) is 12.5 Å². The largest absolute Gasteiger partial charge is 0.390 e. The lowest BCUT2D eigenvalue weighted by Gasteiger charge is -2.24. The lowest BCUT2D eigenvalue weighted by atomic mass is 9.93. The Balaban J connectivity index is 2.45. The van der Waals surface area contributed by atoms with Crippen molar-refractivity contribution in [1.82, 2.24) is 5.32 Å². The Labute approximate surface area is 109 Å². The summed E-state index contributed by atoms with van der Waals surface area (Å²) in [7, 11) is 0. The minimum Gasteiger partial charge on any atom is -0.390 e. The highest BCUT2D eigenvalue weighted by atomic mass is 35.5. The number of halogens is 1. The van der Waals surface area contributed by atoms with Crippen molar-refractivity contribution in [2.75, 3.05) is 6.54 Å². The zero-order chi connectivity index (χ0) is 12.9. The number of hydrogen-bond acceptors (Lipinski definition) is 2. The number of aliphatic hydroxyl groups is 1. The van der Waals surface area contributed by atoms with Gasteiger partial charge in [0, 0.05) is 17.5 Å². The van der Waals surface area contributed by atoms with Gasteiger partial charge in [0.2, 0.25) is 0 Å². The first-order valence-corrected chi connectivity index (χ1v) is 6.47. The van der Waals surface area contributed by atoms with Crippen LogP contribution in [0.25, 0.3) is 0 Å². The van der Waals surface area contributed by atoms with Crippen molar-refractivity contribution in [3.8, 4) is 0 Å². The van der Waals surface area contributed by atoms with Crippen molar-refractivity contribution in [3.63, 3.8) is 0 Å². The SMILES string of the molecule is CC(C)NCCC(C)(O)Cc1ccc(Cl)cc1. The second-order valence-electron chi connectivity index (χ2n) is 5.16. The molecule has 0 heterocycles. The Morgan fingerprint density at radius 2 is 1.88 bits per heavy atom. The minimum atomic E-state index is -0.671. The third kappa shape index (κ3) is 6.06. The van der Waals surface area contributed by atoms with Crippen LogP contribution in [-0.4, -0.2) is 23.3 Å². The molecule has 0 radical (unpaired) electrons. The molecule has 0 bridgehead atoms. The molecule has 0 spiro atoms. The predicted octanol–water partition coefficient (Wildman–Crippen LogP) is 3.02. The average Bonchev–Trinajstić information content (AvgIpc) is 2.20. The van der Waals surface area contributed by atoms with E-state index in [0.717, 1.165) is 23.6 Å². The molecule has 0 aromatic heterocycles. The van der Waals surface area contributed by atoms with Gasteiger partial charge in [0.1, 0.15) is 0 Å². The van der Waals surface area contributed by atoms with E-state index in [1.807, 2.05) is 31.2 Å². The molecule has 0 amide bonds. The summed E-state index contributed by atoms with van der Waals surface area (Å²) in [4.78, 5) is 0. The molecular weight excluding hydrogens is 234 g/mol. The standard InChI is InChI=1S/C14H22ClNO/c1-11(2)16-9-8-14(3,17)10-12-4-6-13(15)7-5-12/h4-7,11,16-17H,8-10H2,1-3H3. The first-order valence-electron chi connectivity index (χ1n) is 6.09. The van der Waals surface area contributed by atoms with Crippen LogP contribution in [0.15, 0.2) is 24.3 Å². The molecule has 2 N–H and O–H groups in total. The summed E-state index contributed by atoms with van der Waals surface area (Å²) in [6.45, 7) is 6.92. The van der Waals surface area contributed by atoms with Gasteiger partial charge < -0.3 is 10.4 Å². The van der Waals surface area contributed by atoms with E-state index < -0.39 is 5.60 Å². The summed E-state index contributed by atoms with van der Waals surface area (Å²) in [6, 6.07) is 8.11. The number of hydrogen-bond donors (Lipinski definition) is 2. The molecule has 1 unspecified atom stereocenters. The van der Waals surface area contributed by atoms with Gasteiger partial charge in [-0.05, 0) is 37.6 Å². The van der Waals surface area contributed by atoms with Crippen LogP contribution >= 0.6 is 11.6 Å². The fraction of sp³-hybridized carbons (Fsp3) is 0.571. The highest BCUT2D eigenvalue weighted by Crippen LogP contribution is 2.18. The van der Waals surface area contributed by atoms with Crippen LogP contribution in [0.3, 0.4) is 0 Å². The maximum Gasteiger partial charge on any atom is 0.0672 e. The van der Waals surface area contributed by atoms with E-state index in [1.165, 1.54) is 0 Å². The Kier molecular flexibility index (Phi) is 5.44. The van der Waals surface area contributed by atoms with Crippen LogP contribution in [0.5, 0.6) is 0 Å². The van der Waals surface area contributed by atoms with Gasteiger partial charge in [-0.15, -0.1) is 0 Å². The number of nitrogens with one attached hydrogen (secondary N) is 1. The van der Waals surface area contributed by atoms with E-state index in [2.05, 4.69) is 19.2 Å². The molecule has 0 saturated heterocycles. The second-order valence-corrected chi connectivity index (χ2v) is 5.60. The molecule has 0 aliphatic rings. The van der Waals surface area contributed by atoms with Crippen LogP contribution in [-0.2, 0) is 6.42 Å². The van der Waals surface area contributed by atoms with Gasteiger partial charge in [-0.1, -0.05) is 37.6 Å². The first-order chi connectivity index (χ1) is 7.89. The zero-order valence-electron chi connectivity index (χ0n) is 10.8. The van der Waals surface area contributed by atoms with E-state index in [-0.39, 0.29) is 0 Å². The molecule has 1 rings (SSSR count). The summed E-state index contributed by atoms with van der Waals surface area (Å²) >= 11 is 5.83. The van der Waals surface area contributed by atoms with Crippen molar-refractivity contribution in [2.45, 2.75) is 45.3 Å². The summed E-state index contributed by atoms with van der Waals surface area (Å²) < 4.78 is 0. The highest BCUT2D eigenvalue weighted by Gasteiger charge is 2.20. The Hall–Kier alpha value is -0.570. The molecule has 2 nitrogen and oxygen atoms in total. The van der Waals surface area contributed by atoms with Gasteiger partial charge in [0.15, 0.2) is 0 Å². The Bertz CT molecular complexity index is 333. The van der Waals surface area contributed by atoms with Crippen molar-refractivity contribution in [2.24, 2.45) is 0 Å². The third-order valence-corrected chi connectivity index (χ3v) is 2.97. The molecule has 17 heavy (non-hydrogen) atoms. The summed E-state index contributed by atoms with van der Waals surface area (Å²) in [5, 5.41) is 14.3. The molecule has 0 aliphatic heterocycles. The monoisotopic (exact) mass is 255 g/mol. The van der Waals surface area contributed by atoms with E-state index in [1.54, 1.807) is 0 Å². The van der Waals surface area contributed by atoms with Gasteiger partial charge >= 0.3 is 0 Å². The highest BCUT2D eigenvalue weighted by molar-refractivity contribution is 6.30. The minimum absolute atomic E-state index is 0.460. The predicted molar refractivity (Wildman–Crippen MR) is 73.5 cm³/mol. The third-order valence-electron chi connectivity index (χ3n) is 2.71. The normalized spacial score (nSPS) is 14.9. The topological polar surface area (TPSA) is 32.3 Å². The molecule has 0 fully saturated rings. The number of benzene rings is 1. The van der Waals surface area contributed by atoms with E-state index in [9.17, 15) is 5.11 Å². The average molecular weight is 256 g/mol. The van der Waals surface area contributed by atoms with Crippen molar-refractivity contribution in [3.05, 3.63) is 34.9 Å². The van der Waals surface area contributed by atoms with Crippen LogP contribution in [0.1, 0.15) is 32.8 Å². The number of rotatable bonds is 6. The van der Waals surface area contributed by atoms with Gasteiger partial charge in [0.25, 0.3) is 0 Å². The Morgan fingerprint density at radius 3 is 2.41 bits per heavy atom. The molecule has 1 aromatic carbocycles. The van der Waals surface area contributed by atoms with Crippen LogP contribution < -0.4 is 5.32 Å². The van der Waals surface area contributed by atoms with Gasteiger partial charge in [-0.3, -0.25) is 0 Å². The van der Waals surface area contributed by atoms with Crippen molar-refractivity contribution < 1.29 is 5.11 Å². The lowest BCUT2D eigenvalue weighted by molar-refractivity contribution is 0.0511. The van der Waals surface area contributed by atoms with Crippen molar-refractivity contribution in [1.29, 1.82) is 0 Å². The molecule has 1 atom stereocenters. The molecule has 0 saturated carbocycles. The van der Waals surface area contributed by atoms with Crippen LogP contribution in [0.4, 0.5) is 0 Å². The molecule has 3 heteroatoms. The first kappa shape index (κ1) is 14.5. The maximum atomic E-state index is 10.3. The van der Waals surface area contributed by atoms with Crippen LogP contribution in [0, 0.1) is 0 Å². The lowest BCUT2D eigenvalue weighted by Crippen LogP contribution is -2.34. The summed E-state index contributed by atoms with van der Waals surface area (Å²) in [5.41, 5.74) is 0.444. The zero-order valence-corrected chi connectivity index (χ0v) is 11.6. The molecular formula is C14H22ClNO. The van der Waals surface area contributed by atoms with Crippen LogP contribution in [0.2, 0.25) is 5.02 Å².